The van der Waals surface area contributed by atoms with Gasteiger partial charge in [-0.2, -0.15) is 0 Å². The van der Waals surface area contributed by atoms with E-state index in [2.05, 4.69) is 160 Å². The van der Waals surface area contributed by atoms with E-state index in [0.29, 0.717) is 17.5 Å². The highest BCUT2D eigenvalue weighted by Crippen LogP contribution is 2.56. The van der Waals surface area contributed by atoms with Gasteiger partial charge in [-0.1, -0.05) is 143 Å². The number of para-hydroxylation sites is 1. The van der Waals surface area contributed by atoms with E-state index in [9.17, 15) is 0 Å². The lowest BCUT2D eigenvalue weighted by Crippen LogP contribution is -2.43. The van der Waals surface area contributed by atoms with Gasteiger partial charge in [0.25, 0.3) is 0 Å². The first-order chi connectivity index (χ1) is 25.8. The van der Waals surface area contributed by atoms with E-state index < -0.39 is 0 Å². The van der Waals surface area contributed by atoms with Gasteiger partial charge in [-0.3, -0.25) is 0 Å². The number of hydrogen-bond donors (Lipinski definition) is 0. The monoisotopic (exact) mass is 682 g/mol. The van der Waals surface area contributed by atoms with Crippen molar-refractivity contribution in [3.63, 3.8) is 0 Å². The van der Waals surface area contributed by atoms with E-state index in [1.807, 2.05) is 30.3 Å². The molecule has 4 heteroatoms. The smallest absolute Gasteiger partial charge is 0.164 e. The predicted molar refractivity (Wildman–Crippen MR) is 219 cm³/mol. The van der Waals surface area contributed by atoms with Gasteiger partial charge in [-0.15, -0.1) is 0 Å². The van der Waals surface area contributed by atoms with Gasteiger partial charge >= 0.3 is 0 Å². The lowest BCUT2D eigenvalue weighted by molar-refractivity contribution is 0.301. The summed E-state index contributed by atoms with van der Waals surface area (Å²) in [4.78, 5) is 15.1. The number of aromatic nitrogens is 4. The second-order valence-corrected chi connectivity index (χ2v) is 15.3. The van der Waals surface area contributed by atoms with Crippen LogP contribution >= 0.6 is 0 Å². The highest BCUT2D eigenvalue weighted by molar-refractivity contribution is 6.13. The van der Waals surface area contributed by atoms with Crippen LogP contribution in [0, 0.1) is 0 Å². The molecule has 0 radical (unpaired) electrons. The summed E-state index contributed by atoms with van der Waals surface area (Å²) in [6.07, 6.45) is 0. The molecule has 9 aromatic rings. The summed E-state index contributed by atoms with van der Waals surface area (Å²) >= 11 is 0. The van der Waals surface area contributed by atoms with Crippen molar-refractivity contribution < 1.29 is 0 Å². The summed E-state index contributed by atoms with van der Waals surface area (Å²) in [6, 6.07) is 56.1. The quantitative estimate of drug-likeness (QED) is 0.186. The Morgan fingerprint density at radius 1 is 0.434 bits per heavy atom. The van der Waals surface area contributed by atoms with Gasteiger partial charge < -0.3 is 4.57 Å². The molecule has 254 valence electrons. The molecule has 0 saturated carbocycles. The van der Waals surface area contributed by atoms with E-state index in [1.54, 1.807) is 0 Å². The third kappa shape index (κ3) is 4.72. The lowest BCUT2D eigenvalue weighted by atomic mass is 9.55. The number of nitrogens with zero attached hydrogens (tertiary/aromatic N) is 4. The second-order valence-electron chi connectivity index (χ2n) is 15.3. The van der Waals surface area contributed by atoms with Crippen LogP contribution in [0.2, 0.25) is 0 Å². The molecule has 2 heterocycles. The van der Waals surface area contributed by atoms with Gasteiger partial charge in [0.05, 0.1) is 11.0 Å². The lowest BCUT2D eigenvalue weighted by Gasteiger charge is -2.48. The van der Waals surface area contributed by atoms with Crippen LogP contribution in [-0.4, -0.2) is 19.5 Å². The van der Waals surface area contributed by atoms with Crippen molar-refractivity contribution in [2.75, 3.05) is 0 Å². The topological polar surface area (TPSA) is 43.6 Å². The molecule has 0 unspecified atom stereocenters. The normalized spacial score (nSPS) is 14.3. The molecule has 7 aromatic carbocycles. The summed E-state index contributed by atoms with van der Waals surface area (Å²) in [7, 11) is 0. The largest absolute Gasteiger partial charge is 0.309 e. The average Bonchev–Trinajstić information content (AvgIpc) is 3.54. The molecule has 0 spiro atoms. The molecule has 0 aliphatic heterocycles. The molecule has 0 amide bonds. The molecule has 1 aliphatic rings. The number of hydrogen-bond acceptors (Lipinski definition) is 3. The minimum atomic E-state index is -0.118. The molecule has 10 rings (SSSR count). The highest BCUT2D eigenvalue weighted by Gasteiger charge is 2.47. The predicted octanol–water partition coefficient (Wildman–Crippen LogP) is 12.4. The van der Waals surface area contributed by atoms with Gasteiger partial charge in [-0.25, -0.2) is 15.0 Å². The van der Waals surface area contributed by atoms with Gasteiger partial charge in [0.15, 0.2) is 17.5 Å². The van der Waals surface area contributed by atoms with Crippen LogP contribution in [0.15, 0.2) is 158 Å². The molecule has 0 atom stereocenters. The number of benzene rings is 7. The first-order valence-corrected chi connectivity index (χ1v) is 18.4. The van der Waals surface area contributed by atoms with E-state index in [1.165, 1.54) is 49.4 Å². The molecule has 0 fully saturated rings. The zero-order chi connectivity index (χ0) is 35.9. The Balaban J connectivity index is 1.14. The van der Waals surface area contributed by atoms with Crippen molar-refractivity contribution in [1.82, 2.24) is 19.5 Å². The van der Waals surface area contributed by atoms with Crippen LogP contribution in [-0.2, 0) is 10.8 Å². The van der Waals surface area contributed by atoms with Crippen LogP contribution < -0.4 is 0 Å². The minimum Gasteiger partial charge on any atom is -0.309 e. The minimum absolute atomic E-state index is 0.0649. The maximum absolute atomic E-state index is 5.07. The van der Waals surface area contributed by atoms with Crippen molar-refractivity contribution in [1.29, 1.82) is 0 Å². The summed E-state index contributed by atoms with van der Waals surface area (Å²) < 4.78 is 2.42. The third-order valence-electron chi connectivity index (χ3n) is 12.0. The Kier molecular flexibility index (Phi) is 6.84. The molecule has 4 nitrogen and oxygen atoms in total. The van der Waals surface area contributed by atoms with Crippen LogP contribution in [0.25, 0.3) is 83.6 Å². The molecule has 53 heavy (non-hydrogen) atoms. The number of fused-ring (bicyclic) bond motifs is 8. The average molecular weight is 683 g/mol. The second kappa shape index (κ2) is 11.6. The summed E-state index contributed by atoms with van der Waals surface area (Å²) in [5.41, 5.74) is 11.7. The van der Waals surface area contributed by atoms with E-state index in [0.717, 1.165) is 27.8 Å². The Hall–Kier alpha value is -6.39. The van der Waals surface area contributed by atoms with Crippen LogP contribution in [0.3, 0.4) is 0 Å². The van der Waals surface area contributed by atoms with Crippen LogP contribution in [0.1, 0.15) is 38.8 Å². The molecule has 0 bridgehead atoms. The maximum Gasteiger partial charge on any atom is 0.164 e. The fourth-order valence-electron chi connectivity index (χ4n) is 8.56. The van der Waals surface area contributed by atoms with Crippen molar-refractivity contribution in [2.24, 2.45) is 0 Å². The molecule has 0 N–H and O–H groups in total. The first kappa shape index (κ1) is 31.4. The van der Waals surface area contributed by atoms with Crippen molar-refractivity contribution in [3.05, 3.63) is 169 Å². The van der Waals surface area contributed by atoms with Crippen molar-refractivity contribution in [3.8, 4) is 51.0 Å². The molecule has 0 saturated heterocycles. The van der Waals surface area contributed by atoms with Gasteiger partial charge in [0.2, 0.25) is 0 Å². The van der Waals surface area contributed by atoms with Crippen molar-refractivity contribution >= 4 is 32.6 Å². The van der Waals surface area contributed by atoms with Crippen LogP contribution in [0.4, 0.5) is 0 Å². The van der Waals surface area contributed by atoms with E-state index >= 15 is 0 Å². The fourth-order valence-corrected chi connectivity index (χ4v) is 8.56. The summed E-state index contributed by atoms with van der Waals surface area (Å²) in [6.45, 7) is 9.65. The molecular formula is C49H38N4. The van der Waals surface area contributed by atoms with E-state index in [4.69, 9.17) is 15.0 Å². The van der Waals surface area contributed by atoms with Gasteiger partial charge in [-0.05, 0) is 80.9 Å². The molecule has 1 aliphatic carbocycles. The Morgan fingerprint density at radius 2 is 1.04 bits per heavy atom. The summed E-state index contributed by atoms with van der Waals surface area (Å²) in [5.74, 6) is 1.96. The third-order valence-corrected chi connectivity index (χ3v) is 12.0. The van der Waals surface area contributed by atoms with Crippen molar-refractivity contribution in [2.45, 2.75) is 38.5 Å². The number of rotatable bonds is 4. The SMILES string of the molecule is CC1(C)c2ccccc2-c2ccc3c(c2C1(C)C)c1ccccc1n3-c1ccc(-c2nc(-c3ccccc3)nc(-c3ccc4ccccc4c3)n2)cc1. The first-order valence-electron chi connectivity index (χ1n) is 18.4. The standard InChI is InChI=1S/C49H38N4/c1-48(2)40-20-12-10-18-37(40)38-28-29-42-43(44(38)49(48,3)4)39-19-11-13-21-41(39)53(42)36-26-24-33(25-27-36)46-50-45(32-15-6-5-7-16-32)51-47(52-46)35-23-22-31-14-8-9-17-34(31)30-35/h5-30H,1-4H3. The Labute approximate surface area is 309 Å². The zero-order valence-electron chi connectivity index (χ0n) is 30.3. The Bertz CT molecular complexity index is 2880. The van der Waals surface area contributed by atoms with Crippen LogP contribution in [0.5, 0.6) is 0 Å². The van der Waals surface area contributed by atoms with Gasteiger partial charge in [0.1, 0.15) is 0 Å². The molecule has 2 aromatic heterocycles. The fraction of sp³-hybridized carbons (Fsp3) is 0.122. The van der Waals surface area contributed by atoms with E-state index in [-0.39, 0.29) is 10.8 Å². The Morgan fingerprint density at radius 3 is 1.81 bits per heavy atom. The van der Waals surface area contributed by atoms with Gasteiger partial charge in [0, 0.05) is 38.6 Å². The zero-order valence-corrected chi connectivity index (χ0v) is 30.3. The summed E-state index contributed by atoms with van der Waals surface area (Å²) in [5, 5.41) is 4.95. The highest BCUT2D eigenvalue weighted by atomic mass is 15.0. The maximum atomic E-state index is 5.07. The molecular weight excluding hydrogens is 645 g/mol.